The third-order valence-electron chi connectivity index (χ3n) is 6.81. The number of hydrogen-bond donors (Lipinski definition) is 2. The van der Waals surface area contributed by atoms with Crippen LogP contribution >= 0.6 is 0 Å². The van der Waals surface area contributed by atoms with E-state index in [1.54, 1.807) is 24.3 Å². The Hall–Kier alpha value is -3.66. The van der Waals surface area contributed by atoms with Gasteiger partial charge in [0.15, 0.2) is 17.2 Å². The highest BCUT2D eigenvalue weighted by atomic mass is 19.4. The van der Waals surface area contributed by atoms with Crippen LogP contribution in [0.3, 0.4) is 0 Å². The number of carboxylic acids is 1. The zero-order valence-corrected chi connectivity index (χ0v) is 19.4. The lowest BCUT2D eigenvalue weighted by Crippen LogP contribution is -2.45. The van der Waals surface area contributed by atoms with Gasteiger partial charge in [0.2, 0.25) is 0 Å². The van der Waals surface area contributed by atoms with E-state index >= 15 is 0 Å². The first kappa shape index (κ1) is 24.1. The molecule has 2 aromatic heterocycles. The van der Waals surface area contributed by atoms with Crippen molar-refractivity contribution in [2.24, 2.45) is 5.73 Å². The summed E-state index contributed by atoms with van der Waals surface area (Å²) in [5.41, 5.74) is 6.87. The number of halogens is 3. The smallest absolute Gasteiger partial charge is 0.422 e. The van der Waals surface area contributed by atoms with Crippen LogP contribution in [0.1, 0.15) is 53.7 Å². The summed E-state index contributed by atoms with van der Waals surface area (Å²) in [5.74, 6) is -1.90. The predicted molar refractivity (Wildman–Crippen MR) is 124 cm³/mol. The summed E-state index contributed by atoms with van der Waals surface area (Å²) in [5, 5.41) is 17.1. The highest BCUT2D eigenvalue weighted by Crippen LogP contribution is 2.46. The van der Waals surface area contributed by atoms with Gasteiger partial charge in [-0.1, -0.05) is 52.8 Å². The van der Waals surface area contributed by atoms with Crippen LogP contribution in [-0.2, 0) is 30.2 Å². The van der Waals surface area contributed by atoms with Crippen LogP contribution in [0, 0.1) is 0 Å². The largest absolute Gasteiger partial charge is 0.480 e. The van der Waals surface area contributed by atoms with Crippen LogP contribution in [0.15, 0.2) is 51.5 Å². The molecule has 5 rings (SSSR count). The van der Waals surface area contributed by atoms with Crippen molar-refractivity contribution in [1.82, 2.24) is 10.3 Å². The van der Waals surface area contributed by atoms with Gasteiger partial charge in [-0.25, -0.2) is 0 Å². The van der Waals surface area contributed by atoms with Crippen LogP contribution in [0.4, 0.5) is 13.2 Å². The van der Waals surface area contributed by atoms with Crippen LogP contribution in [0.25, 0.3) is 22.7 Å². The summed E-state index contributed by atoms with van der Waals surface area (Å²) < 4.78 is 53.2. The van der Waals surface area contributed by atoms with E-state index in [-0.39, 0.29) is 23.6 Å². The number of carbonyl (C=O) groups is 1. The van der Waals surface area contributed by atoms with Crippen molar-refractivity contribution in [2.75, 3.05) is 0 Å². The van der Waals surface area contributed by atoms with Gasteiger partial charge in [0, 0.05) is 17.0 Å². The Labute approximate surface area is 204 Å². The second-order valence-corrected chi connectivity index (χ2v) is 9.48. The van der Waals surface area contributed by atoms with Gasteiger partial charge in [0.05, 0.1) is 0 Å². The first-order valence-corrected chi connectivity index (χ1v) is 11.6. The third-order valence-corrected chi connectivity index (χ3v) is 6.81. The van der Waals surface area contributed by atoms with Crippen molar-refractivity contribution in [1.29, 1.82) is 0 Å². The first-order valence-electron chi connectivity index (χ1n) is 11.6. The molecule has 2 aliphatic carbocycles. The standard InChI is InChI=1S/C26H24F3N3O4/c1-25(30,24(33)34)12-11-14-7-9-17-16(13-14)8-10-18-20(17)31-36-23(18)21-19(26(27,28)29)22(35-32-21)15-5-3-2-4-6-15/h2-5,7,9,13,15H,6,8,10-12,30H2,1H3,(H,33,34)/t15?,25-/m1/s1. The van der Waals surface area contributed by atoms with E-state index in [0.717, 1.165) is 16.7 Å². The molecule has 188 valence electrons. The molecule has 0 saturated heterocycles. The lowest BCUT2D eigenvalue weighted by molar-refractivity contribution is -0.143. The fourth-order valence-corrected chi connectivity index (χ4v) is 4.71. The van der Waals surface area contributed by atoms with Crippen molar-refractivity contribution in [3.05, 3.63) is 70.5 Å². The Kier molecular flexibility index (Phi) is 5.86. The Balaban J connectivity index is 1.48. The number of alkyl halides is 3. The average Bonchev–Trinajstić information content (AvgIpc) is 3.47. The number of carboxylic acid groups (broad SMARTS) is 1. The van der Waals surface area contributed by atoms with E-state index in [1.807, 2.05) is 18.2 Å². The van der Waals surface area contributed by atoms with Crippen LogP contribution in [-0.4, -0.2) is 26.9 Å². The molecular weight excluding hydrogens is 475 g/mol. The van der Waals surface area contributed by atoms with E-state index in [2.05, 4.69) is 10.3 Å². The molecule has 0 amide bonds. The van der Waals surface area contributed by atoms with Gasteiger partial charge < -0.3 is 19.9 Å². The number of aromatic nitrogens is 2. The molecule has 0 spiro atoms. The van der Waals surface area contributed by atoms with Crippen LogP contribution < -0.4 is 5.73 Å². The monoisotopic (exact) mass is 499 g/mol. The molecule has 3 aromatic rings. The van der Waals surface area contributed by atoms with Crippen LogP contribution in [0.2, 0.25) is 0 Å². The summed E-state index contributed by atoms with van der Waals surface area (Å²) in [6.07, 6.45) is 4.32. The second-order valence-electron chi connectivity index (χ2n) is 9.48. The van der Waals surface area contributed by atoms with Gasteiger partial charge in [-0.15, -0.1) is 0 Å². The molecule has 1 unspecified atom stereocenters. The van der Waals surface area contributed by atoms with Gasteiger partial charge in [-0.05, 0) is 50.2 Å². The molecule has 0 aliphatic heterocycles. The topological polar surface area (TPSA) is 115 Å². The molecule has 7 nitrogen and oxygen atoms in total. The Bertz CT molecular complexity index is 1380. The zero-order chi connectivity index (χ0) is 25.7. The van der Waals surface area contributed by atoms with Gasteiger partial charge in [-0.3, -0.25) is 4.79 Å². The third kappa shape index (κ3) is 4.26. The fraction of sp³-hybridized carbons (Fsp3) is 0.346. The van der Waals surface area contributed by atoms with Crippen molar-refractivity contribution >= 4 is 5.97 Å². The SMILES string of the molecule is C[C@@](N)(CCc1ccc2c(c1)CCc1c-2noc1-c1noc(C2C=CC=CC2)c1C(F)(F)F)C(=O)O. The normalized spacial score (nSPS) is 18.5. The van der Waals surface area contributed by atoms with E-state index in [0.29, 0.717) is 36.9 Å². The molecule has 10 heteroatoms. The Morgan fingerprint density at radius 1 is 1.17 bits per heavy atom. The number of aryl methyl sites for hydroxylation is 2. The average molecular weight is 499 g/mol. The minimum absolute atomic E-state index is 0.0299. The summed E-state index contributed by atoms with van der Waals surface area (Å²) in [6, 6.07) is 5.64. The van der Waals surface area contributed by atoms with E-state index in [4.69, 9.17) is 14.8 Å². The van der Waals surface area contributed by atoms with E-state index < -0.39 is 29.2 Å². The number of rotatable bonds is 6. The maximum atomic E-state index is 14.2. The highest BCUT2D eigenvalue weighted by Gasteiger charge is 2.44. The molecule has 36 heavy (non-hydrogen) atoms. The summed E-state index contributed by atoms with van der Waals surface area (Å²) >= 11 is 0. The van der Waals surface area contributed by atoms with E-state index in [9.17, 15) is 23.1 Å². The Morgan fingerprint density at radius 2 is 1.94 bits per heavy atom. The van der Waals surface area contributed by atoms with Crippen molar-refractivity contribution in [3.8, 4) is 22.7 Å². The number of fused-ring (bicyclic) bond motifs is 3. The number of benzene rings is 1. The minimum atomic E-state index is -4.69. The molecule has 3 N–H and O–H groups in total. The molecule has 2 atom stereocenters. The molecule has 2 aliphatic rings. The molecule has 1 aromatic carbocycles. The zero-order valence-electron chi connectivity index (χ0n) is 19.4. The molecule has 0 radical (unpaired) electrons. The number of nitrogens with two attached hydrogens (primary N) is 1. The lowest BCUT2D eigenvalue weighted by atomic mass is 9.85. The number of nitrogens with zero attached hydrogens (tertiary/aromatic N) is 2. The fourth-order valence-electron chi connectivity index (χ4n) is 4.71. The molecular formula is C26H24F3N3O4. The van der Waals surface area contributed by atoms with Gasteiger partial charge in [-0.2, -0.15) is 13.2 Å². The quantitative estimate of drug-likeness (QED) is 0.463. The van der Waals surface area contributed by atoms with Crippen molar-refractivity contribution in [2.45, 2.75) is 56.7 Å². The van der Waals surface area contributed by atoms with Gasteiger partial charge in [0.25, 0.3) is 0 Å². The molecule has 2 heterocycles. The first-order chi connectivity index (χ1) is 17.1. The molecule has 0 saturated carbocycles. The highest BCUT2D eigenvalue weighted by molar-refractivity contribution is 5.78. The number of aliphatic carboxylic acids is 1. The summed E-state index contributed by atoms with van der Waals surface area (Å²) in [6.45, 7) is 1.47. The number of hydrogen-bond acceptors (Lipinski definition) is 6. The molecule has 0 fully saturated rings. The number of allylic oxidation sites excluding steroid dienone is 4. The van der Waals surface area contributed by atoms with Crippen molar-refractivity contribution < 1.29 is 32.1 Å². The Morgan fingerprint density at radius 3 is 2.64 bits per heavy atom. The predicted octanol–water partition coefficient (Wildman–Crippen LogP) is 5.45. The summed E-state index contributed by atoms with van der Waals surface area (Å²) in [4.78, 5) is 11.3. The van der Waals surface area contributed by atoms with E-state index in [1.165, 1.54) is 6.92 Å². The summed E-state index contributed by atoms with van der Waals surface area (Å²) in [7, 11) is 0. The molecule has 0 bridgehead atoms. The lowest BCUT2D eigenvalue weighted by Gasteiger charge is -2.20. The van der Waals surface area contributed by atoms with Gasteiger partial charge in [0.1, 0.15) is 16.8 Å². The maximum absolute atomic E-state index is 14.2. The minimum Gasteiger partial charge on any atom is -0.480 e. The van der Waals surface area contributed by atoms with Crippen molar-refractivity contribution in [3.63, 3.8) is 0 Å². The van der Waals surface area contributed by atoms with Gasteiger partial charge >= 0.3 is 12.1 Å². The maximum Gasteiger partial charge on any atom is 0.422 e. The second kappa shape index (κ2) is 8.77. The van der Waals surface area contributed by atoms with Crippen LogP contribution in [0.5, 0.6) is 0 Å².